The van der Waals surface area contributed by atoms with Crippen LogP contribution in [0.5, 0.6) is 0 Å². The number of likely N-dealkylation sites (N-methyl/N-ethyl adjacent to an activating group) is 1. The summed E-state index contributed by atoms with van der Waals surface area (Å²) in [6.07, 6.45) is 2.68. The van der Waals surface area contributed by atoms with E-state index in [1.165, 1.54) is 0 Å². The Kier molecular flexibility index (Phi) is 8.44. The number of nitrogens with zero attached hydrogens (tertiary/aromatic N) is 1. The van der Waals surface area contributed by atoms with Gasteiger partial charge < -0.3 is 4.74 Å². The molecular formula is C14H29NO2. The van der Waals surface area contributed by atoms with Crippen LogP contribution in [0, 0.1) is 0 Å². The average molecular weight is 243 g/mol. The first-order valence-electron chi connectivity index (χ1n) is 6.98. The molecular weight excluding hydrogens is 214 g/mol. The van der Waals surface area contributed by atoms with Crippen molar-refractivity contribution in [3.63, 3.8) is 0 Å². The highest BCUT2D eigenvalue weighted by Gasteiger charge is 2.38. The van der Waals surface area contributed by atoms with Crippen molar-refractivity contribution in [2.24, 2.45) is 0 Å². The van der Waals surface area contributed by atoms with Crippen molar-refractivity contribution in [3.8, 4) is 0 Å². The number of hydrogen-bond acceptors (Lipinski definition) is 3. The van der Waals surface area contributed by atoms with Gasteiger partial charge in [-0.1, -0.05) is 34.6 Å². The van der Waals surface area contributed by atoms with Crippen molar-refractivity contribution in [3.05, 3.63) is 0 Å². The normalized spacial score (nSPS) is 12.1. The summed E-state index contributed by atoms with van der Waals surface area (Å²) in [5.74, 6) is 0.236. The molecule has 0 aromatic carbocycles. The van der Waals surface area contributed by atoms with E-state index in [-0.39, 0.29) is 17.9 Å². The average Bonchev–Trinajstić information content (AvgIpc) is 2.36. The summed E-state index contributed by atoms with van der Waals surface area (Å²) >= 11 is 0. The van der Waals surface area contributed by atoms with Gasteiger partial charge in [-0.15, -0.1) is 0 Å². The van der Waals surface area contributed by atoms with E-state index >= 15 is 0 Å². The molecule has 0 rings (SSSR count). The third kappa shape index (κ3) is 4.07. The Labute approximate surface area is 107 Å². The van der Waals surface area contributed by atoms with Crippen LogP contribution >= 0.6 is 0 Å². The summed E-state index contributed by atoms with van der Waals surface area (Å²) in [6, 6.07) is 0. The summed E-state index contributed by atoms with van der Waals surface area (Å²) < 4.78 is 5.42. The number of carbonyl (C=O) groups is 1. The molecule has 0 amide bonds. The number of hydrogen-bond donors (Lipinski definition) is 0. The standard InChI is InChI=1S/C14H29NO2/c1-6-11-17-12-13(16)14(7-2,8-3)15(9-4)10-5/h6-12H2,1-5H3. The molecule has 0 aliphatic rings. The highest BCUT2D eigenvalue weighted by atomic mass is 16.5. The molecule has 0 saturated carbocycles. The molecule has 0 heterocycles. The van der Waals surface area contributed by atoms with Crippen molar-refractivity contribution < 1.29 is 9.53 Å². The molecule has 0 aliphatic carbocycles. The number of carbonyl (C=O) groups excluding carboxylic acids is 1. The van der Waals surface area contributed by atoms with Crippen LogP contribution in [-0.4, -0.2) is 42.5 Å². The second kappa shape index (κ2) is 8.65. The van der Waals surface area contributed by atoms with Gasteiger partial charge in [0.15, 0.2) is 5.78 Å². The van der Waals surface area contributed by atoms with Crippen molar-refractivity contribution in [1.29, 1.82) is 0 Å². The highest BCUT2D eigenvalue weighted by molar-refractivity contribution is 5.89. The predicted molar refractivity (Wildman–Crippen MR) is 72.4 cm³/mol. The molecule has 0 aliphatic heterocycles. The number of ketones is 1. The van der Waals surface area contributed by atoms with Crippen LogP contribution in [0.2, 0.25) is 0 Å². The summed E-state index contributed by atoms with van der Waals surface area (Å²) in [5.41, 5.74) is -0.322. The molecule has 102 valence electrons. The van der Waals surface area contributed by atoms with Crippen LogP contribution in [0.25, 0.3) is 0 Å². The molecule has 3 heteroatoms. The van der Waals surface area contributed by atoms with Gasteiger partial charge in [0.2, 0.25) is 0 Å². The Bertz CT molecular complexity index is 208. The Morgan fingerprint density at radius 3 is 1.94 bits per heavy atom. The van der Waals surface area contributed by atoms with Gasteiger partial charge in [0.1, 0.15) is 6.61 Å². The van der Waals surface area contributed by atoms with Gasteiger partial charge in [0.25, 0.3) is 0 Å². The van der Waals surface area contributed by atoms with E-state index in [9.17, 15) is 4.79 Å². The first-order valence-corrected chi connectivity index (χ1v) is 6.98. The molecule has 0 atom stereocenters. The lowest BCUT2D eigenvalue weighted by atomic mass is 9.86. The molecule has 0 radical (unpaired) electrons. The van der Waals surface area contributed by atoms with Crippen LogP contribution in [0.15, 0.2) is 0 Å². The fourth-order valence-electron chi connectivity index (χ4n) is 2.54. The zero-order valence-corrected chi connectivity index (χ0v) is 12.2. The summed E-state index contributed by atoms with van der Waals surface area (Å²) in [5, 5.41) is 0. The van der Waals surface area contributed by atoms with Gasteiger partial charge in [0, 0.05) is 6.61 Å². The number of ether oxygens (including phenoxy) is 1. The van der Waals surface area contributed by atoms with Gasteiger partial charge >= 0.3 is 0 Å². The molecule has 0 N–H and O–H groups in total. The molecule has 0 unspecified atom stereocenters. The van der Waals surface area contributed by atoms with Crippen LogP contribution in [0.1, 0.15) is 53.9 Å². The summed E-state index contributed by atoms with van der Waals surface area (Å²) in [7, 11) is 0. The van der Waals surface area contributed by atoms with Gasteiger partial charge in [-0.25, -0.2) is 0 Å². The van der Waals surface area contributed by atoms with Crippen molar-refractivity contribution >= 4 is 5.78 Å². The van der Waals surface area contributed by atoms with E-state index in [2.05, 4.69) is 39.5 Å². The van der Waals surface area contributed by atoms with E-state index < -0.39 is 0 Å². The summed E-state index contributed by atoms with van der Waals surface area (Å²) in [4.78, 5) is 14.7. The SMILES string of the molecule is CCCOCC(=O)C(CC)(CC)N(CC)CC. The maximum absolute atomic E-state index is 12.4. The zero-order chi connectivity index (χ0) is 13.3. The zero-order valence-electron chi connectivity index (χ0n) is 12.2. The largest absolute Gasteiger partial charge is 0.374 e. The maximum atomic E-state index is 12.4. The molecule has 17 heavy (non-hydrogen) atoms. The lowest BCUT2D eigenvalue weighted by Crippen LogP contribution is -2.55. The molecule has 0 saturated heterocycles. The van der Waals surface area contributed by atoms with Gasteiger partial charge in [-0.2, -0.15) is 0 Å². The molecule has 0 aromatic heterocycles. The van der Waals surface area contributed by atoms with E-state index in [0.29, 0.717) is 6.61 Å². The fraction of sp³-hybridized carbons (Fsp3) is 0.929. The van der Waals surface area contributed by atoms with Crippen molar-refractivity contribution in [1.82, 2.24) is 4.90 Å². The van der Waals surface area contributed by atoms with Crippen LogP contribution < -0.4 is 0 Å². The quantitative estimate of drug-likeness (QED) is 0.553. The van der Waals surface area contributed by atoms with E-state index in [4.69, 9.17) is 4.74 Å². The van der Waals surface area contributed by atoms with E-state index in [1.807, 2.05) is 0 Å². The molecule has 0 fully saturated rings. The van der Waals surface area contributed by atoms with E-state index in [1.54, 1.807) is 0 Å². The first-order chi connectivity index (χ1) is 8.12. The van der Waals surface area contributed by atoms with Gasteiger partial charge in [-0.3, -0.25) is 9.69 Å². The van der Waals surface area contributed by atoms with Crippen LogP contribution in [0.3, 0.4) is 0 Å². The maximum Gasteiger partial charge on any atom is 0.178 e. The minimum Gasteiger partial charge on any atom is -0.374 e. The monoisotopic (exact) mass is 243 g/mol. The van der Waals surface area contributed by atoms with Crippen LogP contribution in [0.4, 0.5) is 0 Å². The predicted octanol–water partition coefficient (Wildman–Crippen LogP) is 2.88. The van der Waals surface area contributed by atoms with Crippen molar-refractivity contribution in [2.45, 2.75) is 59.4 Å². The van der Waals surface area contributed by atoms with Gasteiger partial charge in [0.05, 0.1) is 5.54 Å². The minimum atomic E-state index is -0.322. The second-order valence-corrected chi connectivity index (χ2v) is 4.39. The molecule has 3 nitrogen and oxygen atoms in total. The fourth-order valence-corrected chi connectivity index (χ4v) is 2.54. The molecule has 0 aromatic rings. The Morgan fingerprint density at radius 2 is 1.59 bits per heavy atom. The minimum absolute atomic E-state index is 0.236. The second-order valence-electron chi connectivity index (χ2n) is 4.39. The highest BCUT2D eigenvalue weighted by Crippen LogP contribution is 2.25. The lowest BCUT2D eigenvalue weighted by Gasteiger charge is -2.40. The Morgan fingerprint density at radius 1 is 1.06 bits per heavy atom. The first kappa shape index (κ1) is 16.6. The number of Topliss-reactive ketones (excluding diaryl/α,β-unsaturated/α-hetero) is 1. The third-order valence-electron chi connectivity index (χ3n) is 3.64. The molecule has 0 bridgehead atoms. The van der Waals surface area contributed by atoms with Gasteiger partial charge in [-0.05, 0) is 32.4 Å². The topological polar surface area (TPSA) is 29.5 Å². The smallest absolute Gasteiger partial charge is 0.178 e. The lowest BCUT2D eigenvalue weighted by molar-refractivity contribution is -0.136. The Balaban J connectivity index is 4.73. The molecule has 0 spiro atoms. The van der Waals surface area contributed by atoms with Crippen molar-refractivity contribution in [2.75, 3.05) is 26.3 Å². The Hall–Kier alpha value is -0.410. The summed E-state index contributed by atoms with van der Waals surface area (Å²) in [6.45, 7) is 13.2. The van der Waals surface area contributed by atoms with E-state index in [0.717, 1.165) is 32.4 Å². The van der Waals surface area contributed by atoms with Crippen LogP contribution in [-0.2, 0) is 9.53 Å². The number of rotatable bonds is 10. The third-order valence-corrected chi connectivity index (χ3v) is 3.64.